The Bertz CT molecular complexity index is 1300. The molecule has 1 heterocycles. The Labute approximate surface area is 220 Å². The standard InChI is InChI=1S/C31H31F3O4/c1-2-3-27(35)20-6-4-19(5-7-20)23-14-15-25(30(34)29(23)33)31(36)38-22-11-8-18(9-12-22)21-10-13-24(26(32)16-21)28-17-37-28/h8-16,19-20,27-28,35H,2-7,17H2,1H3. The first-order valence-corrected chi connectivity index (χ1v) is 13.2. The fourth-order valence-corrected chi connectivity index (χ4v) is 5.46. The van der Waals surface area contributed by atoms with Crippen molar-refractivity contribution in [3.8, 4) is 16.9 Å². The molecule has 3 aromatic rings. The predicted octanol–water partition coefficient (Wildman–Crippen LogP) is 7.50. The molecule has 1 saturated carbocycles. The van der Waals surface area contributed by atoms with Gasteiger partial charge in [-0.25, -0.2) is 18.0 Å². The minimum atomic E-state index is -1.22. The Kier molecular flexibility index (Phi) is 7.86. The first-order chi connectivity index (χ1) is 18.4. The SMILES string of the molecule is CCCC(O)C1CCC(c2ccc(C(=O)Oc3ccc(-c4ccc(C5CO5)c(F)c4)cc3)c(F)c2F)CC1. The van der Waals surface area contributed by atoms with Crippen molar-refractivity contribution in [1.29, 1.82) is 0 Å². The summed E-state index contributed by atoms with van der Waals surface area (Å²) >= 11 is 0. The molecule has 2 atom stereocenters. The van der Waals surface area contributed by atoms with Crippen LogP contribution in [0.3, 0.4) is 0 Å². The molecular weight excluding hydrogens is 493 g/mol. The molecule has 0 amide bonds. The van der Waals surface area contributed by atoms with Gasteiger partial charge in [-0.15, -0.1) is 0 Å². The van der Waals surface area contributed by atoms with Gasteiger partial charge in [0.05, 0.1) is 18.3 Å². The molecule has 38 heavy (non-hydrogen) atoms. The van der Waals surface area contributed by atoms with E-state index in [4.69, 9.17) is 9.47 Å². The minimum Gasteiger partial charge on any atom is -0.423 e. The van der Waals surface area contributed by atoms with E-state index in [9.17, 15) is 18.7 Å². The molecule has 1 aliphatic heterocycles. The highest BCUT2D eigenvalue weighted by atomic mass is 19.2. The molecule has 0 spiro atoms. The molecular formula is C31H31F3O4. The van der Waals surface area contributed by atoms with E-state index in [0.29, 0.717) is 36.1 Å². The minimum absolute atomic E-state index is 0.150. The molecule has 7 heteroatoms. The van der Waals surface area contributed by atoms with Crippen molar-refractivity contribution in [1.82, 2.24) is 0 Å². The third-order valence-corrected chi connectivity index (χ3v) is 7.75. The molecule has 2 aliphatic rings. The van der Waals surface area contributed by atoms with Gasteiger partial charge in [-0.2, -0.15) is 0 Å². The number of carbonyl (C=O) groups is 1. The van der Waals surface area contributed by atoms with Crippen LogP contribution in [0.15, 0.2) is 54.6 Å². The van der Waals surface area contributed by atoms with Gasteiger partial charge in [0.2, 0.25) is 0 Å². The Balaban J connectivity index is 1.23. The van der Waals surface area contributed by atoms with Crippen molar-refractivity contribution in [2.24, 2.45) is 5.92 Å². The van der Waals surface area contributed by atoms with Gasteiger partial charge in [0.15, 0.2) is 11.6 Å². The first kappa shape index (κ1) is 26.4. The molecule has 4 nitrogen and oxygen atoms in total. The van der Waals surface area contributed by atoms with Crippen LogP contribution in [0.5, 0.6) is 5.75 Å². The molecule has 0 radical (unpaired) electrons. The van der Waals surface area contributed by atoms with Crippen molar-refractivity contribution in [2.75, 3.05) is 6.61 Å². The van der Waals surface area contributed by atoms with Gasteiger partial charge in [0, 0.05) is 5.56 Å². The number of epoxide rings is 1. The molecule has 5 rings (SSSR count). The summed E-state index contributed by atoms with van der Waals surface area (Å²) in [6.07, 6.45) is 3.99. The number of hydrogen-bond donors (Lipinski definition) is 1. The molecule has 1 saturated heterocycles. The smallest absolute Gasteiger partial charge is 0.346 e. The number of carbonyl (C=O) groups excluding carboxylic acids is 1. The summed E-state index contributed by atoms with van der Waals surface area (Å²) in [5.74, 6) is -3.37. The molecule has 0 aromatic heterocycles. The zero-order valence-corrected chi connectivity index (χ0v) is 21.3. The second-order valence-electron chi connectivity index (χ2n) is 10.3. The van der Waals surface area contributed by atoms with Crippen LogP contribution in [-0.2, 0) is 4.74 Å². The van der Waals surface area contributed by atoms with E-state index in [1.807, 2.05) is 6.92 Å². The zero-order valence-electron chi connectivity index (χ0n) is 21.3. The van der Waals surface area contributed by atoms with E-state index < -0.39 is 23.2 Å². The lowest BCUT2D eigenvalue weighted by Gasteiger charge is -2.32. The van der Waals surface area contributed by atoms with E-state index in [2.05, 4.69) is 0 Å². The van der Waals surface area contributed by atoms with Crippen LogP contribution in [-0.4, -0.2) is 23.8 Å². The van der Waals surface area contributed by atoms with E-state index in [1.165, 1.54) is 30.3 Å². The molecule has 3 aromatic carbocycles. The molecule has 200 valence electrons. The Hall–Kier alpha value is -3.16. The largest absolute Gasteiger partial charge is 0.423 e. The van der Waals surface area contributed by atoms with Gasteiger partial charge in [-0.3, -0.25) is 0 Å². The van der Waals surface area contributed by atoms with Gasteiger partial charge in [0.1, 0.15) is 17.7 Å². The topological polar surface area (TPSA) is 59.1 Å². The number of halogens is 3. The van der Waals surface area contributed by atoms with Gasteiger partial charge >= 0.3 is 5.97 Å². The first-order valence-electron chi connectivity index (χ1n) is 13.2. The van der Waals surface area contributed by atoms with Crippen LogP contribution in [0.2, 0.25) is 0 Å². The third kappa shape index (κ3) is 5.64. The van der Waals surface area contributed by atoms with Crippen LogP contribution >= 0.6 is 0 Å². The third-order valence-electron chi connectivity index (χ3n) is 7.75. The molecule has 1 aliphatic carbocycles. The Morgan fingerprint density at radius 1 is 0.947 bits per heavy atom. The van der Waals surface area contributed by atoms with Crippen LogP contribution in [0.25, 0.3) is 11.1 Å². The Morgan fingerprint density at radius 2 is 1.61 bits per heavy atom. The maximum absolute atomic E-state index is 15.0. The van der Waals surface area contributed by atoms with Gasteiger partial charge < -0.3 is 14.6 Å². The van der Waals surface area contributed by atoms with Crippen molar-refractivity contribution < 1.29 is 32.5 Å². The number of esters is 1. The van der Waals surface area contributed by atoms with Gasteiger partial charge in [-0.1, -0.05) is 43.7 Å². The lowest BCUT2D eigenvalue weighted by Crippen LogP contribution is -2.25. The van der Waals surface area contributed by atoms with Gasteiger partial charge in [-0.05, 0) is 84.9 Å². The fraction of sp³-hybridized carbons (Fsp3) is 0.387. The quantitative estimate of drug-likeness (QED) is 0.188. The summed E-state index contributed by atoms with van der Waals surface area (Å²) in [5, 5.41) is 10.3. The molecule has 2 unspecified atom stereocenters. The van der Waals surface area contributed by atoms with Gasteiger partial charge in [0.25, 0.3) is 0 Å². The summed E-state index contributed by atoms with van der Waals surface area (Å²) < 4.78 is 54.7. The average Bonchev–Trinajstić information content (AvgIpc) is 3.76. The number of hydrogen-bond acceptors (Lipinski definition) is 4. The Morgan fingerprint density at radius 3 is 2.24 bits per heavy atom. The number of benzene rings is 3. The number of rotatable bonds is 8. The van der Waals surface area contributed by atoms with Crippen molar-refractivity contribution in [3.05, 3.63) is 88.7 Å². The number of aliphatic hydroxyl groups excluding tert-OH is 1. The molecule has 0 bridgehead atoms. The number of ether oxygens (including phenoxy) is 2. The molecule has 1 N–H and O–H groups in total. The van der Waals surface area contributed by atoms with Crippen LogP contribution in [0.1, 0.15) is 79.0 Å². The van der Waals surface area contributed by atoms with Crippen molar-refractivity contribution in [3.63, 3.8) is 0 Å². The van der Waals surface area contributed by atoms with Crippen LogP contribution in [0, 0.1) is 23.4 Å². The second-order valence-corrected chi connectivity index (χ2v) is 10.3. The van der Waals surface area contributed by atoms with Crippen molar-refractivity contribution >= 4 is 5.97 Å². The van der Waals surface area contributed by atoms with Crippen molar-refractivity contribution in [2.45, 2.75) is 63.6 Å². The van der Waals surface area contributed by atoms with E-state index in [-0.39, 0.29) is 41.2 Å². The summed E-state index contributed by atoms with van der Waals surface area (Å²) in [6, 6.07) is 14.0. The monoisotopic (exact) mass is 524 g/mol. The van der Waals surface area contributed by atoms with E-state index >= 15 is 4.39 Å². The maximum atomic E-state index is 15.0. The molecule has 2 fully saturated rings. The highest BCUT2D eigenvalue weighted by molar-refractivity contribution is 5.91. The van der Waals surface area contributed by atoms with E-state index in [1.54, 1.807) is 24.3 Å². The highest BCUT2D eigenvalue weighted by Crippen LogP contribution is 2.39. The summed E-state index contributed by atoms with van der Waals surface area (Å²) in [7, 11) is 0. The maximum Gasteiger partial charge on any atom is 0.346 e. The lowest BCUT2D eigenvalue weighted by atomic mass is 9.76. The summed E-state index contributed by atoms with van der Waals surface area (Å²) in [5.41, 5.74) is 1.69. The number of aliphatic hydroxyl groups is 1. The van der Waals surface area contributed by atoms with Crippen LogP contribution in [0.4, 0.5) is 13.2 Å². The zero-order chi connectivity index (χ0) is 26.8. The fourth-order valence-electron chi connectivity index (χ4n) is 5.46. The van der Waals surface area contributed by atoms with E-state index in [0.717, 1.165) is 25.7 Å². The lowest BCUT2D eigenvalue weighted by molar-refractivity contribution is 0.0717. The summed E-state index contributed by atoms with van der Waals surface area (Å²) in [4.78, 5) is 12.6. The normalized spacial score (nSPS) is 21.7. The second kappa shape index (κ2) is 11.3. The summed E-state index contributed by atoms with van der Waals surface area (Å²) in [6.45, 7) is 2.55. The van der Waals surface area contributed by atoms with Crippen LogP contribution < -0.4 is 4.74 Å². The average molecular weight is 525 g/mol. The highest BCUT2D eigenvalue weighted by Gasteiger charge is 2.30. The predicted molar refractivity (Wildman–Crippen MR) is 137 cm³/mol.